The molecular formula is C8H13N3O. The van der Waals surface area contributed by atoms with Crippen molar-refractivity contribution in [3.63, 3.8) is 0 Å². The van der Waals surface area contributed by atoms with Crippen LogP contribution in [0.25, 0.3) is 0 Å². The number of hydrogen-bond acceptors (Lipinski definition) is 3. The molecule has 0 bridgehead atoms. The van der Waals surface area contributed by atoms with E-state index in [2.05, 4.69) is 14.9 Å². The third-order valence-corrected chi connectivity index (χ3v) is 2.17. The number of rotatable bonds is 2. The van der Waals surface area contributed by atoms with E-state index in [-0.39, 0.29) is 6.61 Å². The topological polar surface area (TPSA) is 50.1 Å². The summed E-state index contributed by atoms with van der Waals surface area (Å²) in [6, 6.07) is 0. The van der Waals surface area contributed by atoms with E-state index in [9.17, 15) is 0 Å². The average Bonchev–Trinajstić information content (AvgIpc) is 2.50. The maximum Gasteiger partial charge on any atom is 0.111 e. The first-order chi connectivity index (χ1) is 5.92. The molecule has 4 heteroatoms. The number of aliphatic hydroxyl groups excluding tert-OH is 1. The lowest BCUT2D eigenvalue weighted by atomic mass is 10.3. The second-order valence-electron chi connectivity index (χ2n) is 2.97. The third kappa shape index (κ3) is 1.23. The highest BCUT2D eigenvalue weighted by atomic mass is 16.3. The smallest absolute Gasteiger partial charge is 0.111 e. The van der Waals surface area contributed by atoms with Gasteiger partial charge in [0.2, 0.25) is 0 Å². The molecule has 1 aromatic rings. The number of aromatic nitrogens is 2. The van der Waals surface area contributed by atoms with Crippen LogP contribution in [-0.4, -0.2) is 27.8 Å². The van der Waals surface area contributed by atoms with Gasteiger partial charge in [-0.3, -0.25) is 0 Å². The van der Waals surface area contributed by atoms with Gasteiger partial charge in [0, 0.05) is 32.3 Å². The van der Waals surface area contributed by atoms with E-state index in [1.807, 2.05) is 6.20 Å². The Balaban J connectivity index is 2.25. The van der Waals surface area contributed by atoms with Crippen LogP contribution in [0.1, 0.15) is 11.5 Å². The second kappa shape index (κ2) is 3.25. The van der Waals surface area contributed by atoms with Crippen LogP contribution in [0, 0.1) is 0 Å². The summed E-state index contributed by atoms with van der Waals surface area (Å²) in [5, 5.41) is 12.0. The van der Waals surface area contributed by atoms with Gasteiger partial charge in [-0.2, -0.15) is 0 Å². The molecule has 12 heavy (non-hydrogen) atoms. The lowest BCUT2D eigenvalue weighted by molar-refractivity contribution is 0.293. The molecule has 0 saturated heterocycles. The van der Waals surface area contributed by atoms with Gasteiger partial charge in [0.1, 0.15) is 5.82 Å². The third-order valence-electron chi connectivity index (χ3n) is 2.17. The Labute approximate surface area is 71.2 Å². The van der Waals surface area contributed by atoms with Gasteiger partial charge >= 0.3 is 0 Å². The molecule has 1 aliphatic rings. The maximum absolute atomic E-state index is 8.77. The number of nitrogens with one attached hydrogen (secondary N) is 1. The first-order valence-corrected chi connectivity index (χ1v) is 4.26. The zero-order chi connectivity index (χ0) is 8.39. The molecule has 0 fully saturated rings. The molecule has 0 unspecified atom stereocenters. The van der Waals surface area contributed by atoms with Gasteiger partial charge in [0.25, 0.3) is 0 Å². The number of aliphatic hydroxyl groups is 1. The summed E-state index contributed by atoms with van der Waals surface area (Å²) in [6.07, 6.45) is 2.55. The number of fused-ring (bicyclic) bond motifs is 1. The van der Waals surface area contributed by atoms with Gasteiger partial charge in [0.15, 0.2) is 0 Å². The second-order valence-corrected chi connectivity index (χ2v) is 2.97. The van der Waals surface area contributed by atoms with Crippen molar-refractivity contribution in [1.29, 1.82) is 0 Å². The molecule has 0 atom stereocenters. The van der Waals surface area contributed by atoms with Crippen molar-refractivity contribution >= 4 is 0 Å². The lowest BCUT2D eigenvalue weighted by Crippen LogP contribution is -2.28. The molecule has 0 amide bonds. The summed E-state index contributed by atoms with van der Waals surface area (Å²) in [5.41, 5.74) is 1.23. The molecule has 4 nitrogen and oxygen atoms in total. The minimum atomic E-state index is 0.184. The average molecular weight is 167 g/mol. The van der Waals surface area contributed by atoms with Crippen molar-refractivity contribution in [2.45, 2.75) is 19.5 Å². The molecule has 0 radical (unpaired) electrons. The molecule has 2 heterocycles. The predicted molar refractivity (Wildman–Crippen MR) is 44.7 cm³/mol. The highest BCUT2D eigenvalue weighted by molar-refractivity contribution is 5.07. The fourth-order valence-electron chi connectivity index (χ4n) is 1.57. The zero-order valence-electron chi connectivity index (χ0n) is 6.95. The Hall–Kier alpha value is -0.870. The molecule has 1 aliphatic heterocycles. The van der Waals surface area contributed by atoms with E-state index in [1.165, 1.54) is 5.69 Å². The molecule has 2 N–H and O–H groups in total. The van der Waals surface area contributed by atoms with Crippen LogP contribution in [0.4, 0.5) is 0 Å². The first kappa shape index (κ1) is 7.76. The largest absolute Gasteiger partial charge is 0.396 e. The minimum absolute atomic E-state index is 0.184. The Morgan fingerprint density at radius 2 is 2.58 bits per heavy atom. The molecule has 0 saturated carbocycles. The normalized spacial score (nSPS) is 16.1. The van der Waals surface area contributed by atoms with Crippen LogP contribution in [0.15, 0.2) is 6.20 Å². The molecular weight excluding hydrogens is 154 g/mol. The molecule has 66 valence electrons. The van der Waals surface area contributed by atoms with Gasteiger partial charge in [-0.25, -0.2) is 4.98 Å². The van der Waals surface area contributed by atoms with Gasteiger partial charge in [0.05, 0.1) is 12.3 Å². The summed E-state index contributed by atoms with van der Waals surface area (Å²) in [4.78, 5) is 4.25. The summed E-state index contributed by atoms with van der Waals surface area (Å²) in [7, 11) is 0. The fraction of sp³-hybridized carbons (Fsp3) is 0.625. The van der Waals surface area contributed by atoms with Gasteiger partial charge in [-0.1, -0.05) is 0 Å². The van der Waals surface area contributed by atoms with Crippen molar-refractivity contribution in [1.82, 2.24) is 14.9 Å². The monoisotopic (exact) mass is 167 g/mol. The van der Waals surface area contributed by atoms with E-state index in [4.69, 9.17) is 5.11 Å². The molecule has 0 aliphatic carbocycles. The van der Waals surface area contributed by atoms with Crippen LogP contribution in [0.2, 0.25) is 0 Å². The molecule has 1 aromatic heterocycles. The van der Waals surface area contributed by atoms with Crippen molar-refractivity contribution < 1.29 is 5.11 Å². The van der Waals surface area contributed by atoms with Crippen LogP contribution >= 0.6 is 0 Å². The Bertz CT molecular complexity index is 269. The first-order valence-electron chi connectivity index (χ1n) is 4.26. The Kier molecular flexibility index (Phi) is 2.10. The van der Waals surface area contributed by atoms with Crippen molar-refractivity contribution in [2.24, 2.45) is 0 Å². The van der Waals surface area contributed by atoms with E-state index < -0.39 is 0 Å². The summed E-state index contributed by atoms with van der Waals surface area (Å²) in [5.74, 6) is 1.01. The van der Waals surface area contributed by atoms with Gasteiger partial charge < -0.3 is 15.0 Å². The molecule has 0 spiro atoms. The van der Waals surface area contributed by atoms with Crippen LogP contribution < -0.4 is 5.32 Å². The SMILES string of the molecule is OCCc1ncc2n1CCNC2. The summed E-state index contributed by atoms with van der Waals surface area (Å²) < 4.78 is 2.19. The quantitative estimate of drug-likeness (QED) is 0.625. The van der Waals surface area contributed by atoms with Crippen molar-refractivity contribution in [3.8, 4) is 0 Å². The predicted octanol–water partition coefficient (Wildman–Crippen LogP) is -0.479. The Morgan fingerprint density at radius 3 is 3.42 bits per heavy atom. The summed E-state index contributed by atoms with van der Waals surface area (Å²) in [6.45, 7) is 3.06. The maximum atomic E-state index is 8.77. The minimum Gasteiger partial charge on any atom is -0.396 e. The Morgan fingerprint density at radius 1 is 1.67 bits per heavy atom. The zero-order valence-corrected chi connectivity index (χ0v) is 6.95. The van der Waals surface area contributed by atoms with Crippen molar-refractivity contribution in [2.75, 3.05) is 13.2 Å². The molecule has 0 aromatic carbocycles. The van der Waals surface area contributed by atoms with Crippen LogP contribution in [0.3, 0.4) is 0 Å². The van der Waals surface area contributed by atoms with Gasteiger partial charge in [-0.05, 0) is 0 Å². The lowest BCUT2D eigenvalue weighted by Gasteiger charge is -2.17. The van der Waals surface area contributed by atoms with Crippen LogP contribution in [-0.2, 0) is 19.5 Å². The summed E-state index contributed by atoms with van der Waals surface area (Å²) >= 11 is 0. The standard InChI is InChI=1S/C8H13N3O/c12-4-1-8-10-6-7-5-9-2-3-11(7)8/h6,9,12H,1-5H2. The van der Waals surface area contributed by atoms with Gasteiger partial charge in [-0.15, -0.1) is 0 Å². The highest BCUT2D eigenvalue weighted by Crippen LogP contribution is 2.08. The highest BCUT2D eigenvalue weighted by Gasteiger charge is 2.11. The number of nitrogens with zero attached hydrogens (tertiary/aromatic N) is 2. The molecule has 2 rings (SSSR count). The van der Waals surface area contributed by atoms with E-state index in [0.717, 1.165) is 25.5 Å². The fourth-order valence-corrected chi connectivity index (χ4v) is 1.57. The van der Waals surface area contributed by atoms with E-state index in [1.54, 1.807) is 0 Å². The number of imidazole rings is 1. The number of hydrogen-bond donors (Lipinski definition) is 2. The van der Waals surface area contributed by atoms with E-state index >= 15 is 0 Å². The van der Waals surface area contributed by atoms with Crippen LogP contribution in [0.5, 0.6) is 0 Å². The van der Waals surface area contributed by atoms with E-state index in [0.29, 0.717) is 6.42 Å². The van der Waals surface area contributed by atoms with Crippen molar-refractivity contribution in [3.05, 3.63) is 17.7 Å².